The molecule has 2 fully saturated rings. The van der Waals surface area contributed by atoms with E-state index in [0.717, 1.165) is 6.42 Å². The Morgan fingerprint density at radius 1 is 1.25 bits per heavy atom. The minimum atomic E-state index is -0.407. The Balaban J connectivity index is 1.62. The third-order valence-corrected chi connectivity index (χ3v) is 3.05. The molecular weight excluding hydrogens is 204 g/mol. The van der Waals surface area contributed by atoms with Crippen molar-refractivity contribution < 1.29 is 9.53 Å². The lowest BCUT2D eigenvalue weighted by molar-refractivity contribution is 0.0521. The van der Waals surface area contributed by atoms with Gasteiger partial charge >= 0.3 is 6.09 Å². The first-order chi connectivity index (χ1) is 7.44. The molecule has 0 aromatic carbocycles. The molecule has 4 heteroatoms. The van der Waals surface area contributed by atoms with Gasteiger partial charge in [0.25, 0.3) is 0 Å². The second kappa shape index (κ2) is 4.24. The summed E-state index contributed by atoms with van der Waals surface area (Å²) < 4.78 is 5.20. The van der Waals surface area contributed by atoms with Gasteiger partial charge in [0.2, 0.25) is 0 Å². The summed E-state index contributed by atoms with van der Waals surface area (Å²) in [7, 11) is 0. The maximum atomic E-state index is 11.5. The topological polar surface area (TPSA) is 50.4 Å². The Morgan fingerprint density at radius 2 is 1.94 bits per heavy atom. The number of hydrogen-bond donors (Lipinski definition) is 2. The average Bonchev–Trinajstić information content (AvgIpc) is 2.72. The molecule has 2 atom stereocenters. The van der Waals surface area contributed by atoms with Crippen LogP contribution in [0.5, 0.6) is 0 Å². The lowest BCUT2D eigenvalue weighted by Gasteiger charge is -2.26. The Kier molecular flexibility index (Phi) is 3.10. The molecular formula is C12H22N2O2. The highest BCUT2D eigenvalue weighted by Crippen LogP contribution is 2.27. The Labute approximate surface area is 97.1 Å². The van der Waals surface area contributed by atoms with Crippen molar-refractivity contribution in [2.45, 2.75) is 70.2 Å². The number of nitrogens with one attached hydrogen (secondary N) is 2. The van der Waals surface area contributed by atoms with Crippen molar-refractivity contribution in [2.75, 3.05) is 0 Å². The zero-order chi connectivity index (χ0) is 11.8. The fourth-order valence-electron chi connectivity index (χ4n) is 1.88. The summed E-state index contributed by atoms with van der Waals surface area (Å²) >= 11 is 0. The van der Waals surface area contributed by atoms with Gasteiger partial charge in [-0.15, -0.1) is 0 Å². The van der Waals surface area contributed by atoms with Crippen LogP contribution in [-0.4, -0.2) is 29.8 Å². The van der Waals surface area contributed by atoms with E-state index in [-0.39, 0.29) is 12.1 Å². The predicted octanol–water partition coefficient (Wildman–Crippen LogP) is 1.79. The summed E-state index contributed by atoms with van der Waals surface area (Å²) in [6, 6.07) is 1.43. The van der Waals surface area contributed by atoms with E-state index in [9.17, 15) is 4.79 Å². The third kappa shape index (κ3) is 3.37. The molecule has 2 saturated carbocycles. The molecule has 0 aromatic heterocycles. The first-order valence-electron chi connectivity index (χ1n) is 6.19. The molecule has 92 valence electrons. The molecule has 0 radical (unpaired) electrons. The van der Waals surface area contributed by atoms with E-state index in [4.69, 9.17) is 4.74 Å². The van der Waals surface area contributed by atoms with Gasteiger partial charge in [-0.05, 0) is 40.0 Å². The number of alkyl carbamates (subject to hydrolysis) is 1. The molecule has 0 saturated heterocycles. The van der Waals surface area contributed by atoms with Crippen molar-refractivity contribution in [3.8, 4) is 0 Å². The number of rotatable bonds is 3. The molecule has 0 aliphatic heterocycles. The zero-order valence-corrected chi connectivity index (χ0v) is 10.4. The van der Waals surface area contributed by atoms with Crippen molar-refractivity contribution in [2.24, 2.45) is 0 Å². The monoisotopic (exact) mass is 226 g/mol. The molecule has 0 bridgehead atoms. The minimum absolute atomic E-state index is 0.274. The van der Waals surface area contributed by atoms with E-state index in [1.807, 2.05) is 20.8 Å². The normalized spacial score (nSPS) is 29.4. The smallest absolute Gasteiger partial charge is 0.407 e. The number of carbonyl (C=O) groups is 1. The fourth-order valence-corrected chi connectivity index (χ4v) is 1.88. The number of amides is 1. The van der Waals surface area contributed by atoms with Gasteiger partial charge in [-0.1, -0.05) is 6.42 Å². The lowest BCUT2D eigenvalue weighted by Crippen LogP contribution is -2.41. The minimum Gasteiger partial charge on any atom is -0.444 e. The third-order valence-electron chi connectivity index (χ3n) is 3.05. The highest BCUT2D eigenvalue weighted by Gasteiger charge is 2.41. The maximum Gasteiger partial charge on any atom is 0.407 e. The molecule has 2 rings (SSSR count). The first-order valence-corrected chi connectivity index (χ1v) is 6.19. The quantitative estimate of drug-likeness (QED) is 0.771. The number of hydrogen-bond acceptors (Lipinski definition) is 3. The van der Waals surface area contributed by atoms with E-state index >= 15 is 0 Å². The van der Waals surface area contributed by atoms with Crippen molar-refractivity contribution in [3.05, 3.63) is 0 Å². The molecule has 4 nitrogen and oxygen atoms in total. The van der Waals surface area contributed by atoms with Gasteiger partial charge in [-0.3, -0.25) is 0 Å². The summed E-state index contributed by atoms with van der Waals surface area (Å²) in [5.41, 5.74) is -0.407. The summed E-state index contributed by atoms with van der Waals surface area (Å²) in [4.78, 5) is 11.5. The van der Waals surface area contributed by atoms with Crippen LogP contribution in [0.25, 0.3) is 0 Å². The van der Waals surface area contributed by atoms with Crippen molar-refractivity contribution in [1.29, 1.82) is 0 Å². The molecule has 2 aliphatic carbocycles. The van der Waals surface area contributed by atoms with Gasteiger partial charge in [-0.2, -0.15) is 0 Å². The van der Waals surface area contributed by atoms with Crippen LogP contribution in [0.15, 0.2) is 0 Å². The number of ether oxygens (including phenoxy) is 1. The Hall–Kier alpha value is -0.770. The second-order valence-electron chi connectivity index (χ2n) is 5.89. The standard InChI is InChI=1S/C12H22N2O2/c1-12(2,3)16-11(15)14-10-7-9(10)13-8-5-4-6-8/h8-10,13H,4-7H2,1-3H3,(H,14,15). The lowest BCUT2D eigenvalue weighted by atomic mass is 9.93. The summed E-state index contributed by atoms with van der Waals surface area (Å²) in [5.74, 6) is 0. The van der Waals surface area contributed by atoms with Crippen LogP contribution in [0.2, 0.25) is 0 Å². The van der Waals surface area contributed by atoms with Crippen LogP contribution in [0.1, 0.15) is 46.5 Å². The van der Waals surface area contributed by atoms with Gasteiger partial charge in [0.05, 0.1) is 0 Å². The van der Waals surface area contributed by atoms with Crippen LogP contribution in [-0.2, 0) is 4.74 Å². The van der Waals surface area contributed by atoms with Crippen molar-refractivity contribution in [3.63, 3.8) is 0 Å². The number of carbonyl (C=O) groups excluding carboxylic acids is 1. The zero-order valence-electron chi connectivity index (χ0n) is 10.4. The van der Waals surface area contributed by atoms with E-state index in [1.54, 1.807) is 0 Å². The Bertz CT molecular complexity index is 269. The average molecular weight is 226 g/mol. The van der Waals surface area contributed by atoms with Crippen LogP contribution < -0.4 is 10.6 Å². The first kappa shape index (κ1) is 11.7. The highest BCUT2D eigenvalue weighted by atomic mass is 16.6. The molecule has 0 heterocycles. The van der Waals surface area contributed by atoms with E-state index in [2.05, 4.69) is 10.6 Å². The predicted molar refractivity (Wildman–Crippen MR) is 62.3 cm³/mol. The second-order valence-corrected chi connectivity index (χ2v) is 5.89. The maximum absolute atomic E-state index is 11.5. The fraction of sp³-hybridized carbons (Fsp3) is 0.917. The van der Waals surface area contributed by atoms with Crippen LogP contribution in [0.4, 0.5) is 4.79 Å². The highest BCUT2D eigenvalue weighted by molar-refractivity contribution is 5.68. The van der Waals surface area contributed by atoms with Crippen LogP contribution in [0.3, 0.4) is 0 Å². The molecule has 0 spiro atoms. The largest absolute Gasteiger partial charge is 0.444 e. The Morgan fingerprint density at radius 3 is 2.44 bits per heavy atom. The molecule has 2 aliphatic rings. The SMILES string of the molecule is CC(C)(C)OC(=O)NC1CC1NC1CCC1. The molecule has 2 unspecified atom stereocenters. The van der Waals surface area contributed by atoms with Crippen LogP contribution in [0, 0.1) is 0 Å². The van der Waals surface area contributed by atoms with Crippen molar-refractivity contribution >= 4 is 6.09 Å². The molecule has 0 aromatic rings. The summed E-state index contributed by atoms with van der Waals surface area (Å²) in [6.45, 7) is 5.64. The van der Waals surface area contributed by atoms with Gasteiger partial charge in [0, 0.05) is 18.1 Å². The summed E-state index contributed by atoms with van der Waals surface area (Å²) in [6.07, 6.45) is 4.66. The molecule has 2 N–H and O–H groups in total. The van der Waals surface area contributed by atoms with E-state index < -0.39 is 5.60 Å². The van der Waals surface area contributed by atoms with Crippen molar-refractivity contribution in [1.82, 2.24) is 10.6 Å². The van der Waals surface area contributed by atoms with E-state index in [1.165, 1.54) is 19.3 Å². The van der Waals surface area contributed by atoms with Gasteiger partial charge in [0.1, 0.15) is 5.60 Å². The van der Waals surface area contributed by atoms with Gasteiger partial charge < -0.3 is 15.4 Å². The van der Waals surface area contributed by atoms with Gasteiger partial charge in [0.15, 0.2) is 0 Å². The van der Waals surface area contributed by atoms with Crippen LogP contribution >= 0.6 is 0 Å². The molecule has 16 heavy (non-hydrogen) atoms. The van der Waals surface area contributed by atoms with Gasteiger partial charge in [-0.25, -0.2) is 4.79 Å². The summed E-state index contributed by atoms with van der Waals surface area (Å²) in [5, 5.41) is 6.43. The van der Waals surface area contributed by atoms with E-state index in [0.29, 0.717) is 12.1 Å². The molecule has 1 amide bonds.